The number of carbonyl (C=O) groups excluding carboxylic acids is 6. The average molecular weight is 802 g/mol. The fourth-order valence-electron chi connectivity index (χ4n) is 7.68. The van der Waals surface area contributed by atoms with Crippen LogP contribution in [-0.2, 0) is 46.3 Å². The number of nitrogens with one attached hydrogen (secondary N) is 5. The van der Waals surface area contributed by atoms with Gasteiger partial charge in [0.25, 0.3) is 0 Å². The first kappa shape index (κ1) is 44.3. The monoisotopic (exact) mass is 801 g/mol. The molecule has 0 radical (unpaired) electrons. The minimum absolute atomic E-state index is 0.0363. The molecule has 14 nitrogen and oxygen atoms in total. The quantitative estimate of drug-likeness (QED) is 0.240. The minimum atomic E-state index is -1.18. The van der Waals surface area contributed by atoms with Crippen LogP contribution in [0.15, 0.2) is 60.7 Å². The third kappa shape index (κ3) is 12.3. The highest BCUT2D eigenvalue weighted by molar-refractivity contribution is 5.97. The molecule has 0 saturated carbocycles. The van der Waals surface area contributed by atoms with Crippen molar-refractivity contribution in [2.45, 2.75) is 141 Å². The number of carbonyl (C=O) groups is 6. The highest BCUT2D eigenvalue weighted by atomic mass is 16.5. The number of hydrogen-bond acceptors (Lipinski definition) is 8. The van der Waals surface area contributed by atoms with Gasteiger partial charge in [0.1, 0.15) is 30.2 Å². The second-order valence-electron chi connectivity index (χ2n) is 18.3. The lowest BCUT2D eigenvalue weighted by Gasteiger charge is -2.35. The number of rotatable bonds is 9. The van der Waals surface area contributed by atoms with Crippen LogP contribution in [0, 0.1) is 5.92 Å². The van der Waals surface area contributed by atoms with Gasteiger partial charge in [-0.2, -0.15) is 0 Å². The van der Waals surface area contributed by atoms with Crippen molar-refractivity contribution in [3.63, 3.8) is 0 Å². The van der Waals surface area contributed by atoms with Gasteiger partial charge < -0.3 is 36.2 Å². The lowest BCUT2D eigenvalue weighted by molar-refractivity contribution is -0.139. The Hall–Kier alpha value is -4.82. The zero-order valence-electron chi connectivity index (χ0n) is 35.3. The number of benzene rings is 2. The lowest BCUT2D eigenvalue weighted by atomic mass is 9.99. The van der Waals surface area contributed by atoms with Gasteiger partial charge in [-0.05, 0) is 84.4 Å². The van der Waals surface area contributed by atoms with E-state index in [1.165, 1.54) is 0 Å². The highest BCUT2D eigenvalue weighted by Gasteiger charge is 2.54. The molecule has 3 saturated heterocycles. The van der Waals surface area contributed by atoms with Gasteiger partial charge in [0, 0.05) is 24.9 Å². The summed E-state index contributed by atoms with van der Waals surface area (Å²) in [5.41, 5.74) is 0.334. The normalized spacial score (nSPS) is 26.7. The summed E-state index contributed by atoms with van der Waals surface area (Å²) in [5.74, 6) is -2.93. The van der Waals surface area contributed by atoms with Gasteiger partial charge in [0.15, 0.2) is 0 Å². The topological polar surface area (TPSA) is 178 Å². The van der Waals surface area contributed by atoms with Crippen LogP contribution in [0.4, 0.5) is 0 Å². The van der Waals surface area contributed by atoms with Gasteiger partial charge in [-0.1, -0.05) is 74.5 Å². The Kier molecular flexibility index (Phi) is 14.4. The molecule has 0 unspecified atom stereocenters. The molecular weight excluding hydrogens is 739 g/mol. The molecule has 3 aliphatic rings. The Morgan fingerprint density at radius 3 is 1.83 bits per heavy atom. The van der Waals surface area contributed by atoms with E-state index in [4.69, 9.17) is 4.74 Å². The lowest BCUT2D eigenvalue weighted by Crippen LogP contribution is -2.62. The molecule has 0 aliphatic carbocycles. The predicted octanol–water partition coefficient (Wildman–Crippen LogP) is 2.24. The molecule has 14 heteroatoms. The van der Waals surface area contributed by atoms with Crippen molar-refractivity contribution >= 4 is 35.4 Å². The van der Waals surface area contributed by atoms with E-state index in [9.17, 15) is 28.8 Å². The number of nitrogens with zero attached hydrogens (tertiary/aromatic N) is 2. The van der Waals surface area contributed by atoms with Crippen LogP contribution in [0.25, 0.3) is 0 Å². The van der Waals surface area contributed by atoms with Crippen molar-refractivity contribution in [1.82, 2.24) is 36.4 Å². The largest absolute Gasteiger partial charge is 0.373 e. The minimum Gasteiger partial charge on any atom is -0.373 e. The smallest absolute Gasteiger partial charge is 0.245 e. The van der Waals surface area contributed by atoms with Crippen molar-refractivity contribution in [3.8, 4) is 0 Å². The van der Waals surface area contributed by atoms with Gasteiger partial charge in [-0.15, -0.1) is 0 Å². The summed E-state index contributed by atoms with van der Waals surface area (Å²) in [5, 5.41) is 14.7. The molecule has 2 aromatic rings. The van der Waals surface area contributed by atoms with E-state index in [0.717, 1.165) is 11.1 Å². The van der Waals surface area contributed by atoms with E-state index in [0.29, 0.717) is 19.4 Å². The van der Waals surface area contributed by atoms with Crippen molar-refractivity contribution < 1.29 is 33.5 Å². The summed E-state index contributed by atoms with van der Waals surface area (Å²) in [6.07, 6.45) is 1.55. The first-order chi connectivity index (χ1) is 27.3. The Morgan fingerprint density at radius 2 is 1.26 bits per heavy atom. The molecule has 0 bridgehead atoms. The molecule has 5 rings (SSSR count). The Bertz CT molecular complexity index is 1780. The Morgan fingerprint density at radius 1 is 0.741 bits per heavy atom. The molecule has 58 heavy (non-hydrogen) atoms. The molecule has 0 aromatic heterocycles. The fourth-order valence-corrected chi connectivity index (χ4v) is 7.68. The molecule has 3 aliphatic heterocycles. The van der Waals surface area contributed by atoms with Crippen molar-refractivity contribution in [1.29, 1.82) is 0 Å². The molecule has 3 fully saturated rings. The van der Waals surface area contributed by atoms with Gasteiger partial charge >= 0.3 is 0 Å². The van der Waals surface area contributed by atoms with Crippen molar-refractivity contribution in [2.75, 3.05) is 19.7 Å². The van der Waals surface area contributed by atoms with Gasteiger partial charge in [0.05, 0.1) is 24.3 Å². The molecule has 316 valence electrons. The second-order valence-corrected chi connectivity index (χ2v) is 18.3. The maximum absolute atomic E-state index is 14.6. The van der Waals surface area contributed by atoms with Crippen LogP contribution in [-0.4, -0.2) is 118 Å². The number of fused-ring (bicyclic) bond motifs is 2. The molecule has 2 aromatic carbocycles. The molecule has 0 spiro atoms. The van der Waals surface area contributed by atoms with Crippen LogP contribution in [0.3, 0.4) is 0 Å². The highest BCUT2D eigenvalue weighted by Crippen LogP contribution is 2.32. The maximum Gasteiger partial charge on any atom is 0.245 e. The zero-order valence-corrected chi connectivity index (χ0v) is 35.3. The van der Waals surface area contributed by atoms with E-state index in [-0.39, 0.29) is 50.1 Å². The molecule has 7 atom stereocenters. The van der Waals surface area contributed by atoms with Crippen LogP contribution < -0.4 is 26.6 Å². The van der Waals surface area contributed by atoms with E-state index in [2.05, 4.69) is 26.6 Å². The molecule has 6 amide bonds. The molecular formula is C44H63N7O7. The van der Waals surface area contributed by atoms with Crippen LogP contribution in [0.1, 0.15) is 85.8 Å². The number of ether oxygens (including phenoxy) is 1. The number of hydrogen-bond donors (Lipinski definition) is 5. The van der Waals surface area contributed by atoms with E-state index in [1.54, 1.807) is 4.90 Å². The molecule has 3 heterocycles. The predicted molar refractivity (Wildman–Crippen MR) is 220 cm³/mol. The van der Waals surface area contributed by atoms with Crippen LogP contribution in [0.2, 0.25) is 0 Å². The summed E-state index contributed by atoms with van der Waals surface area (Å²) in [6.45, 7) is 15.4. The average Bonchev–Trinajstić information content (AvgIpc) is 3.77. The van der Waals surface area contributed by atoms with E-state index >= 15 is 0 Å². The van der Waals surface area contributed by atoms with Crippen LogP contribution >= 0.6 is 0 Å². The summed E-state index contributed by atoms with van der Waals surface area (Å²) >= 11 is 0. The third-order valence-corrected chi connectivity index (χ3v) is 10.5. The van der Waals surface area contributed by atoms with Gasteiger partial charge in [-0.25, -0.2) is 0 Å². The maximum atomic E-state index is 14.6. The Balaban J connectivity index is 1.58. The Labute approximate surface area is 343 Å². The fraction of sp³-hybridized carbons (Fsp3) is 0.591. The second kappa shape index (κ2) is 18.8. The van der Waals surface area contributed by atoms with Crippen molar-refractivity contribution in [3.05, 3.63) is 71.8 Å². The summed E-state index contributed by atoms with van der Waals surface area (Å²) in [6, 6.07) is 11.9. The van der Waals surface area contributed by atoms with Crippen LogP contribution in [0.5, 0.6) is 0 Å². The zero-order chi connectivity index (χ0) is 42.4. The van der Waals surface area contributed by atoms with Gasteiger partial charge in [0.2, 0.25) is 35.4 Å². The molecule has 5 N–H and O–H groups in total. The van der Waals surface area contributed by atoms with Crippen molar-refractivity contribution in [2.24, 2.45) is 5.92 Å². The summed E-state index contributed by atoms with van der Waals surface area (Å²) in [7, 11) is 0. The van der Waals surface area contributed by atoms with Gasteiger partial charge in [-0.3, -0.25) is 33.7 Å². The first-order valence-electron chi connectivity index (χ1n) is 20.6. The summed E-state index contributed by atoms with van der Waals surface area (Å²) in [4.78, 5) is 89.4. The summed E-state index contributed by atoms with van der Waals surface area (Å²) < 4.78 is 6.03. The number of amides is 6. The van der Waals surface area contributed by atoms with E-state index < -0.39 is 77.1 Å². The standard InChI is InChI=1S/C44H63N7O7/c1-27(2)22-30-37(52)46-31(23-28-16-11-9-12-17-28)38(53)47-32(24-29-18-13-10-14-19-29)42(57)51-25-35(51)36(41(56)49-43(3,4)5)50-21-15-20-34(50)40(55)48-33(39(54)45-30)26-58-44(6,7)8/h9-14,16-19,27,30-36H,15,20-26H2,1-8H3,(H,45,54)(H,46,52)(H,47,53)(H,48,55)(H,49,56)/t30-,31+,32+,33+,34+,35+,36+,51?/m1/s1. The first-order valence-corrected chi connectivity index (χ1v) is 20.6. The van der Waals surface area contributed by atoms with E-state index in [1.807, 2.05) is 121 Å². The third-order valence-electron chi connectivity index (χ3n) is 10.5. The SMILES string of the molecule is CC(C)C[C@H]1NC(=O)[C@H](COC(C)(C)C)NC(=O)[C@@H]2CCCN2[C@H](C(=O)NC(C)(C)C)[C@@H]2CN2C(=O)[C@H](Cc2ccccc2)NC(=O)[C@H](Cc2ccccc2)NC1=O.